The molecule has 0 aliphatic rings. The quantitative estimate of drug-likeness (QED) is 0.722. The van der Waals surface area contributed by atoms with Crippen molar-refractivity contribution in [1.29, 1.82) is 0 Å². The molecule has 0 radical (unpaired) electrons. The van der Waals surface area contributed by atoms with E-state index in [1.165, 1.54) is 0 Å². The lowest BCUT2D eigenvalue weighted by Gasteiger charge is -2.09. The summed E-state index contributed by atoms with van der Waals surface area (Å²) in [6.07, 6.45) is 2.76. The van der Waals surface area contributed by atoms with Gasteiger partial charge in [0.2, 0.25) is 0 Å². The van der Waals surface area contributed by atoms with Crippen LogP contribution >= 0.6 is 0 Å². The maximum absolute atomic E-state index is 5.64. The summed E-state index contributed by atoms with van der Waals surface area (Å²) in [5.74, 6) is 1.82. The van der Waals surface area contributed by atoms with Crippen LogP contribution in [0.1, 0.15) is 13.3 Å². The Morgan fingerprint density at radius 2 is 1.95 bits per heavy atom. The lowest BCUT2D eigenvalue weighted by Crippen LogP contribution is -2.08. The molecule has 0 unspecified atom stereocenters. The first kappa shape index (κ1) is 14.2. The molecule has 20 heavy (non-hydrogen) atoms. The van der Waals surface area contributed by atoms with Crippen molar-refractivity contribution >= 4 is 11.5 Å². The molecule has 0 aliphatic carbocycles. The highest BCUT2D eigenvalue weighted by Crippen LogP contribution is 2.12. The number of anilines is 2. The molecule has 0 spiro atoms. The van der Waals surface area contributed by atoms with Gasteiger partial charge in [-0.25, -0.2) is 4.98 Å². The van der Waals surface area contributed by atoms with Crippen LogP contribution in [0.5, 0.6) is 5.75 Å². The van der Waals surface area contributed by atoms with E-state index in [1.807, 2.05) is 42.5 Å². The minimum atomic E-state index is 0.710. The summed E-state index contributed by atoms with van der Waals surface area (Å²) >= 11 is 0. The molecule has 4 nitrogen and oxygen atoms in total. The van der Waals surface area contributed by atoms with Gasteiger partial charge in [-0.2, -0.15) is 0 Å². The molecular formula is C16H21N3O. The Bertz CT molecular complexity index is 502. The number of ether oxygens (including phenoxy) is 1. The average molecular weight is 271 g/mol. The Labute approximate surface area is 120 Å². The molecule has 2 N–H and O–H groups in total. The monoisotopic (exact) mass is 271 g/mol. The second-order valence-corrected chi connectivity index (χ2v) is 4.40. The van der Waals surface area contributed by atoms with Gasteiger partial charge >= 0.3 is 0 Å². The summed E-state index contributed by atoms with van der Waals surface area (Å²) in [6, 6.07) is 13.9. The number of hydrogen-bond donors (Lipinski definition) is 2. The Morgan fingerprint density at radius 1 is 1.10 bits per heavy atom. The van der Waals surface area contributed by atoms with Gasteiger partial charge in [0.15, 0.2) is 0 Å². The van der Waals surface area contributed by atoms with Crippen LogP contribution in [0, 0.1) is 0 Å². The van der Waals surface area contributed by atoms with Crippen LogP contribution in [0.3, 0.4) is 0 Å². The standard InChI is InChI=1S/C16H21N3O/c1-2-17-16-13-14(9-11-19-16)18-10-6-12-20-15-7-4-3-5-8-15/h3-5,7-9,11,13H,2,6,10,12H2,1H3,(H2,17,18,19). The fourth-order valence-corrected chi connectivity index (χ4v) is 1.83. The fourth-order valence-electron chi connectivity index (χ4n) is 1.83. The van der Waals surface area contributed by atoms with Crippen molar-refractivity contribution in [3.05, 3.63) is 48.7 Å². The number of pyridine rings is 1. The maximum Gasteiger partial charge on any atom is 0.127 e. The van der Waals surface area contributed by atoms with E-state index in [0.717, 1.165) is 36.8 Å². The lowest BCUT2D eigenvalue weighted by atomic mass is 10.3. The van der Waals surface area contributed by atoms with E-state index in [9.17, 15) is 0 Å². The number of para-hydroxylation sites is 1. The lowest BCUT2D eigenvalue weighted by molar-refractivity contribution is 0.315. The normalized spacial score (nSPS) is 10.1. The summed E-state index contributed by atoms with van der Waals surface area (Å²) in [5.41, 5.74) is 1.08. The number of hydrogen-bond acceptors (Lipinski definition) is 4. The van der Waals surface area contributed by atoms with Crippen molar-refractivity contribution in [3.63, 3.8) is 0 Å². The molecule has 2 aromatic rings. The number of nitrogens with zero attached hydrogens (tertiary/aromatic N) is 1. The summed E-state index contributed by atoms with van der Waals surface area (Å²) in [4.78, 5) is 4.24. The zero-order valence-corrected chi connectivity index (χ0v) is 11.8. The highest BCUT2D eigenvalue weighted by molar-refractivity contribution is 5.51. The Morgan fingerprint density at radius 3 is 2.75 bits per heavy atom. The van der Waals surface area contributed by atoms with Crippen molar-refractivity contribution in [2.45, 2.75) is 13.3 Å². The third-order valence-corrected chi connectivity index (χ3v) is 2.78. The van der Waals surface area contributed by atoms with E-state index in [-0.39, 0.29) is 0 Å². The van der Waals surface area contributed by atoms with E-state index in [4.69, 9.17) is 4.74 Å². The number of nitrogens with one attached hydrogen (secondary N) is 2. The van der Waals surface area contributed by atoms with Gasteiger partial charge in [-0.05, 0) is 31.5 Å². The van der Waals surface area contributed by atoms with Crippen LogP contribution in [0.25, 0.3) is 0 Å². The molecule has 1 aromatic carbocycles. The zero-order valence-electron chi connectivity index (χ0n) is 11.8. The van der Waals surface area contributed by atoms with Crippen molar-refractivity contribution in [2.75, 3.05) is 30.3 Å². The van der Waals surface area contributed by atoms with Crippen LogP contribution in [0.15, 0.2) is 48.7 Å². The second-order valence-electron chi connectivity index (χ2n) is 4.40. The molecule has 0 amide bonds. The average Bonchev–Trinajstić information content (AvgIpc) is 2.49. The molecule has 0 saturated carbocycles. The highest BCUT2D eigenvalue weighted by Gasteiger charge is 1.96. The van der Waals surface area contributed by atoms with E-state index in [0.29, 0.717) is 6.61 Å². The summed E-state index contributed by atoms with van der Waals surface area (Å²) in [5, 5.41) is 6.56. The second kappa shape index (κ2) is 8.04. The predicted molar refractivity (Wildman–Crippen MR) is 83.4 cm³/mol. The van der Waals surface area contributed by atoms with Gasteiger partial charge in [-0.1, -0.05) is 18.2 Å². The molecule has 0 fully saturated rings. The van der Waals surface area contributed by atoms with Crippen molar-refractivity contribution in [2.24, 2.45) is 0 Å². The molecule has 0 saturated heterocycles. The molecule has 106 valence electrons. The first-order chi connectivity index (χ1) is 9.88. The molecular weight excluding hydrogens is 250 g/mol. The van der Waals surface area contributed by atoms with Crippen molar-refractivity contribution in [1.82, 2.24) is 4.98 Å². The third-order valence-electron chi connectivity index (χ3n) is 2.78. The molecule has 0 aliphatic heterocycles. The molecule has 2 rings (SSSR count). The van der Waals surface area contributed by atoms with Gasteiger partial charge in [0.25, 0.3) is 0 Å². The van der Waals surface area contributed by atoms with E-state index < -0.39 is 0 Å². The fraction of sp³-hybridized carbons (Fsp3) is 0.312. The first-order valence-electron chi connectivity index (χ1n) is 7.00. The molecule has 1 heterocycles. The van der Waals surface area contributed by atoms with Gasteiger partial charge < -0.3 is 15.4 Å². The largest absolute Gasteiger partial charge is 0.494 e. The Balaban J connectivity index is 1.67. The van der Waals surface area contributed by atoms with E-state index >= 15 is 0 Å². The van der Waals surface area contributed by atoms with Crippen LogP contribution in [0.2, 0.25) is 0 Å². The number of rotatable bonds is 8. The Hall–Kier alpha value is -2.23. The van der Waals surface area contributed by atoms with Gasteiger partial charge in [0, 0.05) is 31.0 Å². The topological polar surface area (TPSA) is 46.2 Å². The molecule has 4 heteroatoms. The van der Waals surface area contributed by atoms with Gasteiger partial charge in [0.1, 0.15) is 11.6 Å². The third kappa shape index (κ3) is 4.80. The Kier molecular flexibility index (Phi) is 5.71. The smallest absolute Gasteiger partial charge is 0.127 e. The molecule has 1 aromatic heterocycles. The SMILES string of the molecule is CCNc1cc(NCCCOc2ccccc2)ccn1. The highest BCUT2D eigenvalue weighted by atomic mass is 16.5. The van der Waals surface area contributed by atoms with E-state index in [2.05, 4.69) is 22.5 Å². The minimum Gasteiger partial charge on any atom is -0.494 e. The summed E-state index contributed by atoms with van der Waals surface area (Å²) in [7, 11) is 0. The van der Waals surface area contributed by atoms with Gasteiger partial charge in [-0.3, -0.25) is 0 Å². The number of aromatic nitrogens is 1. The van der Waals surface area contributed by atoms with Crippen LogP contribution < -0.4 is 15.4 Å². The van der Waals surface area contributed by atoms with Crippen LogP contribution in [-0.2, 0) is 0 Å². The number of benzene rings is 1. The van der Waals surface area contributed by atoms with Crippen molar-refractivity contribution < 1.29 is 4.74 Å². The van der Waals surface area contributed by atoms with Crippen LogP contribution in [-0.4, -0.2) is 24.7 Å². The zero-order chi connectivity index (χ0) is 14.0. The van der Waals surface area contributed by atoms with Crippen LogP contribution in [0.4, 0.5) is 11.5 Å². The van der Waals surface area contributed by atoms with E-state index in [1.54, 1.807) is 6.20 Å². The summed E-state index contributed by atoms with van der Waals surface area (Å²) in [6.45, 7) is 4.52. The summed E-state index contributed by atoms with van der Waals surface area (Å²) < 4.78 is 5.64. The maximum atomic E-state index is 5.64. The van der Waals surface area contributed by atoms with Gasteiger partial charge in [-0.15, -0.1) is 0 Å². The molecule has 0 bridgehead atoms. The minimum absolute atomic E-state index is 0.710. The predicted octanol–water partition coefficient (Wildman–Crippen LogP) is 3.39. The first-order valence-corrected chi connectivity index (χ1v) is 7.00. The van der Waals surface area contributed by atoms with Gasteiger partial charge in [0.05, 0.1) is 6.61 Å². The molecule has 0 atom stereocenters. The van der Waals surface area contributed by atoms with Crippen molar-refractivity contribution in [3.8, 4) is 5.75 Å².